The van der Waals surface area contributed by atoms with Gasteiger partial charge in [0.1, 0.15) is 10.8 Å². The number of pyridine rings is 1. The SMILES string of the molecule is COCCC(C)Nc1snc(N)c1-c1cccnc1. The van der Waals surface area contributed by atoms with Crippen LogP contribution in [0.5, 0.6) is 0 Å². The van der Waals surface area contributed by atoms with E-state index in [-0.39, 0.29) is 0 Å². The highest BCUT2D eigenvalue weighted by atomic mass is 32.1. The number of ether oxygens (including phenoxy) is 1. The summed E-state index contributed by atoms with van der Waals surface area (Å²) < 4.78 is 9.31. The summed E-state index contributed by atoms with van der Waals surface area (Å²) >= 11 is 1.38. The summed E-state index contributed by atoms with van der Waals surface area (Å²) in [5.74, 6) is 0.541. The van der Waals surface area contributed by atoms with Gasteiger partial charge in [-0.2, -0.15) is 4.37 Å². The van der Waals surface area contributed by atoms with Gasteiger partial charge in [-0.15, -0.1) is 0 Å². The van der Waals surface area contributed by atoms with E-state index in [1.54, 1.807) is 19.5 Å². The van der Waals surface area contributed by atoms with Crippen molar-refractivity contribution >= 4 is 22.4 Å². The van der Waals surface area contributed by atoms with Crippen LogP contribution in [0.1, 0.15) is 13.3 Å². The van der Waals surface area contributed by atoms with Crippen molar-refractivity contribution in [3.63, 3.8) is 0 Å². The van der Waals surface area contributed by atoms with E-state index in [4.69, 9.17) is 10.5 Å². The van der Waals surface area contributed by atoms with Gasteiger partial charge in [0.15, 0.2) is 0 Å². The van der Waals surface area contributed by atoms with Gasteiger partial charge >= 0.3 is 0 Å². The summed E-state index contributed by atoms with van der Waals surface area (Å²) in [5, 5.41) is 4.41. The Bertz CT molecular complexity index is 515. The fraction of sp³-hybridized carbons (Fsp3) is 0.385. The molecular weight excluding hydrogens is 260 g/mol. The lowest BCUT2D eigenvalue weighted by molar-refractivity contribution is 0.191. The van der Waals surface area contributed by atoms with E-state index in [1.165, 1.54) is 11.5 Å². The molecule has 0 aliphatic carbocycles. The number of hydrogen-bond donors (Lipinski definition) is 2. The number of aromatic nitrogens is 2. The first-order valence-electron chi connectivity index (χ1n) is 6.13. The Hall–Kier alpha value is -1.66. The molecule has 0 aliphatic rings. The van der Waals surface area contributed by atoms with E-state index >= 15 is 0 Å². The molecule has 0 aliphatic heterocycles. The molecule has 0 saturated heterocycles. The third-order valence-corrected chi connectivity index (χ3v) is 3.59. The Kier molecular flexibility index (Phi) is 4.70. The van der Waals surface area contributed by atoms with E-state index in [0.717, 1.165) is 29.2 Å². The van der Waals surface area contributed by atoms with Gasteiger partial charge in [-0.05, 0) is 30.9 Å². The third-order valence-electron chi connectivity index (χ3n) is 2.80. The molecule has 1 atom stereocenters. The average Bonchev–Trinajstić information content (AvgIpc) is 2.78. The molecular formula is C13H18N4OS. The summed E-state index contributed by atoms with van der Waals surface area (Å²) in [6, 6.07) is 4.18. The Morgan fingerprint density at radius 3 is 3.05 bits per heavy atom. The number of rotatable bonds is 6. The quantitative estimate of drug-likeness (QED) is 0.849. The Labute approximate surface area is 117 Å². The van der Waals surface area contributed by atoms with Crippen LogP contribution in [-0.2, 0) is 4.74 Å². The minimum atomic E-state index is 0.301. The molecule has 0 bridgehead atoms. The molecule has 0 radical (unpaired) electrons. The summed E-state index contributed by atoms with van der Waals surface area (Å²) in [5.41, 5.74) is 7.87. The van der Waals surface area contributed by atoms with Crippen molar-refractivity contribution in [2.24, 2.45) is 0 Å². The molecule has 0 fully saturated rings. The first-order chi connectivity index (χ1) is 9.22. The minimum absolute atomic E-state index is 0.301. The largest absolute Gasteiger partial charge is 0.385 e. The van der Waals surface area contributed by atoms with Crippen LogP contribution in [0.3, 0.4) is 0 Å². The predicted octanol–water partition coefficient (Wildman–Crippen LogP) is 2.62. The lowest BCUT2D eigenvalue weighted by Gasteiger charge is -2.14. The van der Waals surface area contributed by atoms with Crippen LogP contribution in [0.2, 0.25) is 0 Å². The predicted molar refractivity (Wildman–Crippen MR) is 79.3 cm³/mol. The number of nitrogens with two attached hydrogens (primary N) is 1. The van der Waals surface area contributed by atoms with Crippen LogP contribution >= 0.6 is 11.5 Å². The van der Waals surface area contributed by atoms with Crippen molar-refractivity contribution < 1.29 is 4.74 Å². The van der Waals surface area contributed by atoms with Crippen LogP contribution in [0.4, 0.5) is 10.8 Å². The zero-order valence-electron chi connectivity index (χ0n) is 11.1. The van der Waals surface area contributed by atoms with Crippen LogP contribution < -0.4 is 11.1 Å². The number of anilines is 2. The molecule has 0 saturated carbocycles. The van der Waals surface area contributed by atoms with E-state index in [1.807, 2.05) is 12.1 Å². The third kappa shape index (κ3) is 3.42. The van der Waals surface area contributed by atoms with Crippen molar-refractivity contribution in [1.82, 2.24) is 9.36 Å². The molecule has 2 aromatic heterocycles. The number of nitrogen functional groups attached to an aromatic ring is 1. The Balaban J connectivity index is 2.19. The van der Waals surface area contributed by atoms with Crippen LogP contribution in [0.15, 0.2) is 24.5 Å². The Morgan fingerprint density at radius 1 is 1.53 bits per heavy atom. The molecule has 2 aromatic rings. The average molecular weight is 278 g/mol. The summed E-state index contributed by atoms with van der Waals surface area (Å²) in [6.07, 6.45) is 4.47. The zero-order valence-corrected chi connectivity index (χ0v) is 11.9. The van der Waals surface area contributed by atoms with E-state index < -0.39 is 0 Å². The molecule has 0 amide bonds. The molecule has 102 valence electrons. The normalized spacial score (nSPS) is 12.3. The molecule has 2 rings (SSSR count). The highest BCUT2D eigenvalue weighted by molar-refractivity contribution is 7.11. The second-order valence-electron chi connectivity index (χ2n) is 4.34. The van der Waals surface area contributed by atoms with Gasteiger partial charge in [-0.1, -0.05) is 6.07 Å². The van der Waals surface area contributed by atoms with Crippen molar-refractivity contribution in [1.29, 1.82) is 0 Å². The van der Waals surface area contributed by atoms with Gasteiger partial charge in [0.05, 0.1) is 5.56 Å². The zero-order chi connectivity index (χ0) is 13.7. The second-order valence-corrected chi connectivity index (χ2v) is 5.11. The summed E-state index contributed by atoms with van der Waals surface area (Å²) in [7, 11) is 1.71. The number of hydrogen-bond acceptors (Lipinski definition) is 6. The van der Waals surface area contributed by atoms with Gasteiger partial charge in [0.2, 0.25) is 0 Å². The molecule has 0 spiro atoms. The highest BCUT2D eigenvalue weighted by Crippen LogP contribution is 2.36. The lowest BCUT2D eigenvalue weighted by atomic mass is 10.1. The first-order valence-corrected chi connectivity index (χ1v) is 6.90. The van der Waals surface area contributed by atoms with E-state index in [9.17, 15) is 0 Å². The summed E-state index contributed by atoms with van der Waals surface area (Å²) in [4.78, 5) is 4.13. The van der Waals surface area contributed by atoms with Gasteiger partial charge in [-0.25, -0.2) is 0 Å². The molecule has 2 heterocycles. The topological polar surface area (TPSA) is 73.1 Å². The van der Waals surface area contributed by atoms with Crippen molar-refractivity contribution in [3.05, 3.63) is 24.5 Å². The standard InChI is InChI=1S/C13H18N4OS/c1-9(5-7-18-2)16-13-11(12(14)17-19-13)10-4-3-6-15-8-10/h3-4,6,8-9,16H,5,7H2,1-2H3,(H2,14,17). The van der Waals surface area contributed by atoms with E-state index in [0.29, 0.717) is 11.9 Å². The van der Waals surface area contributed by atoms with Crippen LogP contribution in [0.25, 0.3) is 11.1 Å². The maximum atomic E-state index is 5.96. The number of nitrogens with zero attached hydrogens (tertiary/aromatic N) is 2. The molecule has 1 unspecified atom stereocenters. The maximum absolute atomic E-state index is 5.96. The number of nitrogens with one attached hydrogen (secondary N) is 1. The van der Waals surface area contributed by atoms with Crippen molar-refractivity contribution in [3.8, 4) is 11.1 Å². The molecule has 5 nitrogen and oxygen atoms in total. The minimum Gasteiger partial charge on any atom is -0.385 e. The number of methoxy groups -OCH3 is 1. The second kappa shape index (κ2) is 6.49. The van der Waals surface area contributed by atoms with Crippen molar-refractivity contribution in [2.75, 3.05) is 24.8 Å². The van der Waals surface area contributed by atoms with Crippen molar-refractivity contribution in [2.45, 2.75) is 19.4 Å². The van der Waals surface area contributed by atoms with Gasteiger partial charge in [0, 0.05) is 37.7 Å². The van der Waals surface area contributed by atoms with Gasteiger partial charge < -0.3 is 15.8 Å². The molecule has 6 heteroatoms. The van der Waals surface area contributed by atoms with Gasteiger partial charge in [0.25, 0.3) is 0 Å². The smallest absolute Gasteiger partial charge is 0.147 e. The van der Waals surface area contributed by atoms with Crippen LogP contribution in [0, 0.1) is 0 Å². The molecule has 19 heavy (non-hydrogen) atoms. The van der Waals surface area contributed by atoms with Crippen LogP contribution in [-0.4, -0.2) is 29.1 Å². The van der Waals surface area contributed by atoms with Gasteiger partial charge in [-0.3, -0.25) is 4.98 Å². The molecule has 3 N–H and O–H groups in total. The summed E-state index contributed by atoms with van der Waals surface area (Å²) in [6.45, 7) is 2.84. The Morgan fingerprint density at radius 2 is 2.37 bits per heavy atom. The first kappa shape index (κ1) is 13.8. The highest BCUT2D eigenvalue weighted by Gasteiger charge is 2.15. The fourth-order valence-corrected chi connectivity index (χ4v) is 2.63. The maximum Gasteiger partial charge on any atom is 0.147 e. The monoisotopic (exact) mass is 278 g/mol. The lowest BCUT2D eigenvalue weighted by Crippen LogP contribution is -2.16. The van der Waals surface area contributed by atoms with E-state index in [2.05, 4.69) is 21.6 Å². The fourth-order valence-electron chi connectivity index (χ4n) is 1.78. The molecule has 0 aromatic carbocycles.